The predicted octanol–water partition coefficient (Wildman–Crippen LogP) is 3.16. The van der Waals surface area contributed by atoms with E-state index in [0.717, 1.165) is 6.92 Å². The molecule has 0 spiro atoms. The Morgan fingerprint density at radius 2 is 2.10 bits per heavy atom. The van der Waals surface area contributed by atoms with Gasteiger partial charge in [0.15, 0.2) is 0 Å². The first kappa shape index (κ1) is 9.34. The van der Waals surface area contributed by atoms with Crippen molar-refractivity contribution in [3.63, 3.8) is 0 Å². The van der Waals surface area contributed by atoms with Crippen molar-refractivity contribution in [2.24, 2.45) is 0 Å². The van der Waals surface area contributed by atoms with Crippen molar-refractivity contribution in [2.75, 3.05) is 0 Å². The molecule has 0 heterocycles. The zero-order valence-corrected chi connectivity index (χ0v) is 6.32. The maximum Gasteiger partial charge on any atom is 0.270 e. The monoisotopic (exact) mass is 146 g/mol. The molecule has 0 radical (unpaired) electrons. The average molecular weight is 146 g/mol. The maximum absolute atomic E-state index is 12.4. The molecule has 0 N–H and O–H groups in total. The van der Waals surface area contributed by atoms with Crippen molar-refractivity contribution < 1.29 is 8.78 Å². The Bertz CT molecular complexity index is 140. The van der Waals surface area contributed by atoms with Gasteiger partial charge in [0.25, 0.3) is 5.92 Å². The zero-order valence-electron chi connectivity index (χ0n) is 6.32. The molecule has 0 aliphatic rings. The first-order valence-electron chi connectivity index (χ1n) is 3.23. The van der Waals surface area contributed by atoms with E-state index in [4.69, 9.17) is 0 Å². The van der Waals surface area contributed by atoms with Gasteiger partial charge in [-0.3, -0.25) is 0 Å². The van der Waals surface area contributed by atoms with E-state index < -0.39 is 5.92 Å². The molecule has 0 aliphatic carbocycles. The quantitative estimate of drug-likeness (QED) is 0.536. The minimum atomic E-state index is -2.74. The third-order valence-electron chi connectivity index (χ3n) is 1.15. The Morgan fingerprint density at radius 3 is 2.20 bits per heavy atom. The Balaban J connectivity index is 4.36. The van der Waals surface area contributed by atoms with Gasteiger partial charge in [0.2, 0.25) is 0 Å². The lowest BCUT2D eigenvalue weighted by atomic mass is 10.1. The second-order valence-corrected chi connectivity index (χ2v) is 2.16. The third-order valence-corrected chi connectivity index (χ3v) is 1.15. The fourth-order valence-electron chi connectivity index (χ4n) is 0.662. The maximum atomic E-state index is 12.4. The molecule has 0 unspecified atom stereocenters. The number of halogens is 2. The van der Waals surface area contributed by atoms with Crippen molar-refractivity contribution >= 4 is 0 Å². The lowest BCUT2D eigenvalue weighted by Crippen LogP contribution is -2.11. The molecular weight excluding hydrogens is 134 g/mol. The van der Waals surface area contributed by atoms with Crippen LogP contribution >= 0.6 is 0 Å². The summed E-state index contributed by atoms with van der Waals surface area (Å²) in [6, 6.07) is 0. The van der Waals surface area contributed by atoms with Crippen molar-refractivity contribution in [1.29, 1.82) is 0 Å². The zero-order chi connectivity index (χ0) is 8.20. The number of hydrogen-bond acceptors (Lipinski definition) is 0. The molecule has 0 bridgehead atoms. The molecule has 0 fully saturated rings. The smallest absolute Gasteiger partial charge is 0.202 e. The Morgan fingerprint density at radius 1 is 1.60 bits per heavy atom. The van der Waals surface area contributed by atoms with Gasteiger partial charge in [0, 0.05) is 12.5 Å². The van der Waals surface area contributed by atoms with E-state index in [1.165, 1.54) is 12.2 Å². The summed E-state index contributed by atoms with van der Waals surface area (Å²) in [5.74, 6) is -2.74. The molecule has 2 heteroatoms. The third kappa shape index (κ3) is 2.76. The van der Waals surface area contributed by atoms with Crippen LogP contribution in [0.5, 0.6) is 0 Å². The highest BCUT2D eigenvalue weighted by Gasteiger charge is 2.23. The average Bonchev–Trinajstić information content (AvgIpc) is 1.80. The van der Waals surface area contributed by atoms with Crippen LogP contribution in [0.4, 0.5) is 8.78 Å². The highest BCUT2D eigenvalue weighted by Crippen LogP contribution is 2.23. The van der Waals surface area contributed by atoms with Crippen molar-refractivity contribution in [2.45, 2.75) is 26.2 Å². The molecule has 0 amide bonds. The van der Waals surface area contributed by atoms with E-state index in [9.17, 15) is 8.78 Å². The van der Waals surface area contributed by atoms with Gasteiger partial charge in [-0.1, -0.05) is 25.7 Å². The Hall–Kier alpha value is -0.660. The van der Waals surface area contributed by atoms with Gasteiger partial charge in [-0.15, -0.1) is 0 Å². The lowest BCUT2D eigenvalue weighted by molar-refractivity contribution is 0.0672. The van der Waals surface area contributed by atoms with Crippen LogP contribution in [0.3, 0.4) is 0 Å². The van der Waals surface area contributed by atoms with E-state index in [0.29, 0.717) is 6.42 Å². The summed E-state index contributed by atoms with van der Waals surface area (Å²) < 4.78 is 24.9. The van der Waals surface area contributed by atoms with Gasteiger partial charge in [-0.25, -0.2) is 8.78 Å². The number of alkyl halides is 2. The molecular formula is C8H12F2. The fourth-order valence-corrected chi connectivity index (χ4v) is 0.662. The fraction of sp³-hybridized carbons (Fsp3) is 0.500. The van der Waals surface area contributed by atoms with E-state index in [-0.39, 0.29) is 5.57 Å². The minimum Gasteiger partial charge on any atom is -0.202 e. The Labute approximate surface area is 60.2 Å². The minimum absolute atomic E-state index is 0.00926. The topological polar surface area (TPSA) is 0 Å². The molecule has 0 aromatic rings. The van der Waals surface area contributed by atoms with Gasteiger partial charge in [-0.2, -0.15) is 0 Å². The highest BCUT2D eigenvalue weighted by atomic mass is 19.3. The van der Waals surface area contributed by atoms with Crippen LogP contribution in [0.25, 0.3) is 0 Å². The highest BCUT2D eigenvalue weighted by molar-refractivity contribution is 5.22. The van der Waals surface area contributed by atoms with Crippen LogP contribution in [0.2, 0.25) is 0 Å². The van der Waals surface area contributed by atoms with Crippen LogP contribution in [-0.4, -0.2) is 5.92 Å². The standard InChI is InChI=1S/C8H12F2/c1-4-6-7(5-2)8(3,9)10/h5-6H,2,4H2,1,3H3/b7-6+. The molecule has 0 atom stereocenters. The van der Waals surface area contributed by atoms with Crippen LogP contribution in [0.1, 0.15) is 20.3 Å². The lowest BCUT2D eigenvalue weighted by Gasteiger charge is -2.10. The predicted molar refractivity (Wildman–Crippen MR) is 39.2 cm³/mol. The van der Waals surface area contributed by atoms with Gasteiger partial charge in [0.1, 0.15) is 0 Å². The van der Waals surface area contributed by atoms with Crippen molar-refractivity contribution in [3.05, 3.63) is 24.3 Å². The van der Waals surface area contributed by atoms with Crippen molar-refractivity contribution in [3.8, 4) is 0 Å². The van der Waals surface area contributed by atoms with E-state index in [1.807, 2.05) is 6.92 Å². The molecule has 58 valence electrons. The summed E-state index contributed by atoms with van der Waals surface area (Å²) in [6.45, 7) is 5.98. The molecule has 0 saturated carbocycles. The molecule has 0 aromatic carbocycles. The van der Waals surface area contributed by atoms with E-state index >= 15 is 0 Å². The molecule has 0 nitrogen and oxygen atoms in total. The van der Waals surface area contributed by atoms with Crippen molar-refractivity contribution in [1.82, 2.24) is 0 Å². The summed E-state index contributed by atoms with van der Waals surface area (Å²) in [5.41, 5.74) is 0.00926. The summed E-state index contributed by atoms with van der Waals surface area (Å²) in [6.07, 6.45) is 3.29. The summed E-state index contributed by atoms with van der Waals surface area (Å²) >= 11 is 0. The number of rotatable bonds is 3. The first-order chi connectivity index (χ1) is 4.52. The number of allylic oxidation sites excluding steroid dienone is 3. The second-order valence-electron chi connectivity index (χ2n) is 2.16. The van der Waals surface area contributed by atoms with E-state index in [1.54, 1.807) is 0 Å². The molecule has 0 aromatic heterocycles. The molecule has 0 saturated heterocycles. The van der Waals surface area contributed by atoms with Crippen LogP contribution in [0, 0.1) is 0 Å². The van der Waals surface area contributed by atoms with E-state index in [2.05, 4.69) is 6.58 Å². The molecule has 10 heavy (non-hydrogen) atoms. The largest absolute Gasteiger partial charge is 0.270 e. The van der Waals surface area contributed by atoms with Gasteiger partial charge >= 0.3 is 0 Å². The molecule has 0 aliphatic heterocycles. The summed E-state index contributed by atoms with van der Waals surface area (Å²) in [7, 11) is 0. The SMILES string of the molecule is C=C/C(=C\CC)C(C)(F)F. The van der Waals surface area contributed by atoms with Gasteiger partial charge in [0.05, 0.1) is 0 Å². The Kier molecular flexibility index (Phi) is 3.26. The van der Waals surface area contributed by atoms with Crippen LogP contribution in [0.15, 0.2) is 24.3 Å². The van der Waals surface area contributed by atoms with Gasteiger partial charge < -0.3 is 0 Å². The summed E-state index contributed by atoms with van der Waals surface area (Å²) in [4.78, 5) is 0. The van der Waals surface area contributed by atoms with Crippen LogP contribution in [-0.2, 0) is 0 Å². The number of hydrogen-bond donors (Lipinski definition) is 0. The van der Waals surface area contributed by atoms with Crippen LogP contribution < -0.4 is 0 Å². The first-order valence-corrected chi connectivity index (χ1v) is 3.23. The normalized spacial score (nSPS) is 13.4. The molecule has 0 rings (SSSR count). The second kappa shape index (κ2) is 3.49. The van der Waals surface area contributed by atoms with Gasteiger partial charge in [-0.05, 0) is 6.42 Å². The summed E-state index contributed by atoms with van der Waals surface area (Å²) in [5, 5.41) is 0.